The fourth-order valence-electron chi connectivity index (χ4n) is 0.773. The average molecular weight is 276 g/mol. The van der Waals surface area contributed by atoms with Crippen LogP contribution < -0.4 is 22.5 Å². The number of carbonyl (C=O) groups excluding carboxylic acids is 4. The zero-order valence-electron chi connectivity index (χ0n) is 11.0. The van der Waals surface area contributed by atoms with E-state index in [4.69, 9.17) is 10.5 Å². The van der Waals surface area contributed by atoms with E-state index >= 15 is 0 Å². The van der Waals surface area contributed by atoms with Crippen molar-refractivity contribution < 1.29 is 23.9 Å². The summed E-state index contributed by atoms with van der Waals surface area (Å²) in [6.45, 7) is 3.74. The van der Waals surface area contributed by atoms with E-state index < -0.39 is 23.8 Å². The first-order valence-corrected chi connectivity index (χ1v) is 5.44. The predicted octanol–water partition coefficient (Wildman–Crippen LogP) is -2.99. The van der Waals surface area contributed by atoms with Gasteiger partial charge in [-0.2, -0.15) is 0 Å². The molecule has 19 heavy (non-hydrogen) atoms. The Hall–Kier alpha value is -2.00. The van der Waals surface area contributed by atoms with Gasteiger partial charge in [-0.1, -0.05) is 0 Å². The Morgan fingerprint density at radius 2 is 1.63 bits per heavy atom. The number of hydrogen-bond donors (Lipinski definition) is 4. The number of amides is 2. The maximum atomic E-state index is 11.1. The van der Waals surface area contributed by atoms with Gasteiger partial charge in [0.2, 0.25) is 0 Å². The minimum absolute atomic E-state index is 0.0391. The molecule has 2 amide bonds. The molecule has 1 unspecified atom stereocenters. The van der Waals surface area contributed by atoms with Gasteiger partial charge < -0.3 is 21.9 Å². The van der Waals surface area contributed by atoms with Crippen LogP contribution in [0.15, 0.2) is 0 Å². The van der Waals surface area contributed by atoms with E-state index in [0.29, 0.717) is 6.61 Å². The van der Waals surface area contributed by atoms with Crippen LogP contribution in [0.2, 0.25) is 0 Å². The van der Waals surface area contributed by atoms with E-state index in [-0.39, 0.29) is 18.9 Å². The summed E-state index contributed by atoms with van der Waals surface area (Å²) in [5, 5.41) is 2.70. The molecule has 110 valence electrons. The fourth-order valence-corrected chi connectivity index (χ4v) is 0.773. The maximum absolute atomic E-state index is 11.1. The summed E-state index contributed by atoms with van der Waals surface area (Å²) in [6.07, 6.45) is 0. The molecule has 0 aliphatic rings. The molecule has 0 aromatic rings. The number of nitrogens with two attached hydrogens (primary N) is 3. The lowest BCUT2D eigenvalue weighted by Crippen LogP contribution is -2.45. The number of carbonyl (C=O) groups is 4. The van der Waals surface area contributed by atoms with Crippen LogP contribution in [-0.2, 0) is 23.9 Å². The van der Waals surface area contributed by atoms with E-state index in [9.17, 15) is 19.2 Å². The lowest BCUT2D eigenvalue weighted by atomic mass is 10.3. The summed E-state index contributed by atoms with van der Waals surface area (Å²) in [6, 6.07) is -0.580. The van der Waals surface area contributed by atoms with Crippen molar-refractivity contribution in [3.63, 3.8) is 0 Å². The fraction of sp³-hybridized carbons (Fsp3) is 0.600. The smallest absolute Gasteiger partial charge is 0.324 e. The lowest BCUT2D eigenvalue weighted by molar-refractivity contribution is -0.145. The second-order valence-corrected chi connectivity index (χ2v) is 3.35. The van der Waals surface area contributed by atoms with Crippen molar-refractivity contribution in [2.75, 3.05) is 19.7 Å². The van der Waals surface area contributed by atoms with Gasteiger partial charge in [0, 0.05) is 6.54 Å². The SMILES string of the molecule is CCOC(=O)C(CN)NCC(C)=O.NC(=O)C(N)=O. The van der Waals surface area contributed by atoms with Crippen molar-refractivity contribution in [3.05, 3.63) is 0 Å². The van der Waals surface area contributed by atoms with E-state index in [0.717, 1.165) is 0 Å². The van der Waals surface area contributed by atoms with Gasteiger partial charge in [0.15, 0.2) is 0 Å². The molecule has 0 heterocycles. The molecule has 0 saturated carbocycles. The van der Waals surface area contributed by atoms with Crippen LogP contribution in [0, 0.1) is 0 Å². The van der Waals surface area contributed by atoms with Crippen LogP contribution in [0.5, 0.6) is 0 Å². The van der Waals surface area contributed by atoms with Gasteiger partial charge in [-0.15, -0.1) is 0 Å². The first-order chi connectivity index (χ1) is 8.76. The second kappa shape index (κ2) is 11.1. The van der Waals surface area contributed by atoms with E-state index in [1.54, 1.807) is 6.92 Å². The number of hydrogen-bond acceptors (Lipinski definition) is 7. The maximum Gasteiger partial charge on any atom is 0.324 e. The molecule has 1 atom stereocenters. The summed E-state index contributed by atoms with van der Waals surface area (Å²) >= 11 is 0. The Bertz CT molecular complexity index is 320. The monoisotopic (exact) mass is 276 g/mol. The minimum atomic E-state index is -1.10. The number of Topliss-reactive ketones (excluding diaryl/α,β-unsaturated/α-hetero) is 1. The van der Waals surface area contributed by atoms with Gasteiger partial charge in [0.1, 0.15) is 11.8 Å². The molecular formula is C10H20N4O5. The largest absolute Gasteiger partial charge is 0.465 e. The molecule has 0 bridgehead atoms. The Morgan fingerprint density at radius 1 is 1.16 bits per heavy atom. The molecule has 0 fully saturated rings. The molecule has 0 aliphatic carbocycles. The molecule has 0 radical (unpaired) electrons. The van der Waals surface area contributed by atoms with Crippen molar-refractivity contribution >= 4 is 23.6 Å². The van der Waals surface area contributed by atoms with Gasteiger partial charge in [0.25, 0.3) is 0 Å². The molecule has 9 nitrogen and oxygen atoms in total. The topological polar surface area (TPSA) is 168 Å². The van der Waals surface area contributed by atoms with Crippen molar-refractivity contribution in [1.82, 2.24) is 5.32 Å². The molecule has 0 aliphatic heterocycles. The van der Waals surface area contributed by atoms with Crippen LogP contribution in [0.1, 0.15) is 13.8 Å². The molecule has 0 spiro atoms. The number of primary amides is 2. The summed E-state index contributed by atoms with van der Waals surface area (Å²) in [4.78, 5) is 40.6. The number of esters is 1. The van der Waals surface area contributed by atoms with Gasteiger partial charge >= 0.3 is 17.8 Å². The first kappa shape index (κ1) is 19.3. The van der Waals surface area contributed by atoms with E-state index in [1.165, 1.54) is 6.92 Å². The first-order valence-electron chi connectivity index (χ1n) is 5.44. The average Bonchev–Trinajstić information content (AvgIpc) is 2.30. The van der Waals surface area contributed by atoms with E-state index in [1.807, 2.05) is 0 Å². The summed E-state index contributed by atoms with van der Waals surface area (Å²) in [5.74, 6) is -2.65. The number of nitrogens with one attached hydrogen (secondary N) is 1. The highest BCUT2D eigenvalue weighted by Gasteiger charge is 2.17. The van der Waals surface area contributed by atoms with Crippen molar-refractivity contribution in [1.29, 1.82) is 0 Å². The molecule has 0 aromatic carbocycles. The van der Waals surface area contributed by atoms with Crippen LogP contribution in [-0.4, -0.2) is 49.3 Å². The Morgan fingerprint density at radius 3 is 1.89 bits per heavy atom. The molecule has 9 heteroatoms. The summed E-state index contributed by atoms with van der Waals surface area (Å²) < 4.78 is 4.73. The van der Waals surface area contributed by atoms with Crippen LogP contribution in [0.4, 0.5) is 0 Å². The molecule has 7 N–H and O–H groups in total. The standard InChI is InChI=1S/C8H16N2O3.C2H4N2O2/c1-3-13-8(12)7(4-9)10-5-6(2)11;3-1(5)2(4)6/h7,10H,3-5,9H2,1-2H3;(H2,3,5)(H2,4,6). The van der Waals surface area contributed by atoms with Crippen LogP contribution in [0.25, 0.3) is 0 Å². The zero-order chi connectivity index (χ0) is 15.4. The third kappa shape index (κ3) is 12.2. The highest BCUT2D eigenvalue weighted by molar-refractivity contribution is 6.33. The van der Waals surface area contributed by atoms with Crippen molar-refractivity contribution in [3.8, 4) is 0 Å². The normalized spacial score (nSPS) is 10.7. The molecule has 0 aromatic heterocycles. The Labute approximate surface area is 110 Å². The lowest BCUT2D eigenvalue weighted by Gasteiger charge is -2.13. The van der Waals surface area contributed by atoms with Gasteiger partial charge in [-0.05, 0) is 13.8 Å². The molecule has 0 saturated heterocycles. The van der Waals surface area contributed by atoms with Crippen molar-refractivity contribution in [2.24, 2.45) is 17.2 Å². The van der Waals surface area contributed by atoms with Crippen LogP contribution >= 0.6 is 0 Å². The summed E-state index contributed by atoms with van der Waals surface area (Å²) in [5.41, 5.74) is 14.0. The van der Waals surface area contributed by atoms with Crippen LogP contribution in [0.3, 0.4) is 0 Å². The quantitative estimate of drug-likeness (QED) is 0.296. The summed E-state index contributed by atoms with van der Waals surface area (Å²) in [7, 11) is 0. The Balaban J connectivity index is 0. The van der Waals surface area contributed by atoms with Crippen molar-refractivity contribution in [2.45, 2.75) is 19.9 Å². The number of ether oxygens (including phenoxy) is 1. The number of rotatable bonds is 6. The predicted molar refractivity (Wildman–Crippen MR) is 66.5 cm³/mol. The molecular weight excluding hydrogens is 256 g/mol. The number of ketones is 1. The Kier molecular flexibility index (Phi) is 11.3. The highest BCUT2D eigenvalue weighted by atomic mass is 16.5. The molecule has 0 rings (SSSR count). The minimum Gasteiger partial charge on any atom is -0.465 e. The third-order valence-electron chi connectivity index (χ3n) is 1.65. The second-order valence-electron chi connectivity index (χ2n) is 3.35. The van der Waals surface area contributed by atoms with Gasteiger partial charge in [-0.25, -0.2) is 0 Å². The third-order valence-corrected chi connectivity index (χ3v) is 1.65. The van der Waals surface area contributed by atoms with Gasteiger partial charge in [-0.3, -0.25) is 24.5 Å². The van der Waals surface area contributed by atoms with Gasteiger partial charge in [0.05, 0.1) is 13.2 Å². The zero-order valence-corrected chi connectivity index (χ0v) is 11.0. The van der Waals surface area contributed by atoms with E-state index in [2.05, 4.69) is 16.8 Å². The highest BCUT2D eigenvalue weighted by Crippen LogP contribution is 1.86.